The number of ether oxygens (including phenoxy) is 3. The van der Waals surface area contributed by atoms with Gasteiger partial charge in [-0.15, -0.1) is 11.3 Å². The van der Waals surface area contributed by atoms with Gasteiger partial charge in [0.15, 0.2) is 6.29 Å². The van der Waals surface area contributed by atoms with Crippen molar-refractivity contribution in [2.45, 2.75) is 17.4 Å². The molecule has 0 amide bonds. The monoisotopic (exact) mass is 335 g/mol. The fourth-order valence-electron chi connectivity index (χ4n) is 1.84. The minimum absolute atomic E-state index is 0.126. The normalized spacial score (nSPS) is 16.5. The summed E-state index contributed by atoms with van der Waals surface area (Å²) in [5, 5.41) is 1.66. The Bertz CT molecular complexity index is 591. The van der Waals surface area contributed by atoms with Crippen LogP contribution in [0.15, 0.2) is 15.7 Å². The molecule has 118 valence electrons. The first-order valence-corrected chi connectivity index (χ1v) is 8.71. The number of esters is 1. The van der Waals surface area contributed by atoms with Crippen molar-refractivity contribution in [1.82, 2.24) is 4.31 Å². The van der Waals surface area contributed by atoms with Crippen molar-refractivity contribution in [3.8, 4) is 0 Å². The minimum Gasteiger partial charge on any atom is -0.465 e. The quantitative estimate of drug-likeness (QED) is 0.721. The molecule has 0 unspecified atom stereocenters. The van der Waals surface area contributed by atoms with Gasteiger partial charge in [0, 0.05) is 12.6 Å². The Balaban J connectivity index is 2.19. The van der Waals surface area contributed by atoms with Gasteiger partial charge in [0.1, 0.15) is 10.8 Å². The molecule has 9 heteroatoms. The molecule has 1 fully saturated rings. The fraction of sp³-hybridized carbons (Fsp3) is 0.583. The van der Waals surface area contributed by atoms with Gasteiger partial charge in [0.25, 0.3) is 10.0 Å². The third kappa shape index (κ3) is 3.61. The Morgan fingerprint density at radius 1 is 1.48 bits per heavy atom. The lowest BCUT2D eigenvalue weighted by Gasteiger charge is -2.17. The average molecular weight is 335 g/mol. The van der Waals surface area contributed by atoms with E-state index < -0.39 is 22.3 Å². The highest BCUT2D eigenvalue weighted by Gasteiger charge is 2.32. The number of sulfonamides is 1. The molecule has 0 saturated carbocycles. The topological polar surface area (TPSA) is 82.1 Å². The molecular weight excluding hydrogens is 318 g/mol. The van der Waals surface area contributed by atoms with E-state index in [9.17, 15) is 13.2 Å². The Labute approximate surface area is 127 Å². The number of hydrogen-bond donors (Lipinski definition) is 0. The van der Waals surface area contributed by atoms with Crippen molar-refractivity contribution in [2.75, 3.05) is 33.4 Å². The molecule has 1 aliphatic heterocycles. The van der Waals surface area contributed by atoms with Crippen LogP contribution in [-0.4, -0.2) is 52.1 Å². The van der Waals surface area contributed by atoms with Crippen molar-refractivity contribution >= 4 is 27.3 Å². The van der Waals surface area contributed by atoms with E-state index in [1.807, 2.05) is 0 Å². The van der Waals surface area contributed by atoms with E-state index in [1.54, 1.807) is 18.4 Å². The minimum atomic E-state index is -3.79. The molecule has 7 nitrogen and oxygen atoms in total. The molecule has 0 N–H and O–H groups in total. The zero-order valence-corrected chi connectivity index (χ0v) is 13.4. The van der Waals surface area contributed by atoms with Crippen LogP contribution < -0.4 is 0 Å². The van der Waals surface area contributed by atoms with E-state index in [4.69, 9.17) is 14.2 Å². The van der Waals surface area contributed by atoms with Crippen molar-refractivity contribution < 1.29 is 27.4 Å². The van der Waals surface area contributed by atoms with Gasteiger partial charge in [0.2, 0.25) is 0 Å². The third-order valence-corrected chi connectivity index (χ3v) is 6.13. The maximum absolute atomic E-state index is 12.5. The van der Waals surface area contributed by atoms with E-state index in [2.05, 4.69) is 0 Å². The first kappa shape index (κ1) is 16.4. The van der Waals surface area contributed by atoms with Crippen LogP contribution in [0, 0.1) is 0 Å². The summed E-state index contributed by atoms with van der Waals surface area (Å²) in [5.41, 5.74) is 0.466. The smallest absolute Gasteiger partial charge is 0.321 e. The summed E-state index contributed by atoms with van der Waals surface area (Å²) >= 11 is 1.07. The molecule has 1 aromatic heterocycles. The summed E-state index contributed by atoms with van der Waals surface area (Å²) in [6.07, 6.45) is -0.669. The largest absolute Gasteiger partial charge is 0.465 e. The fourth-order valence-corrected chi connectivity index (χ4v) is 4.54. The second-order valence-corrected chi connectivity index (χ2v) is 7.46. The van der Waals surface area contributed by atoms with Crippen LogP contribution in [-0.2, 0) is 29.0 Å². The number of rotatable bonds is 6. The molecule has 0 radical (unpaired) electrons. The SMILES string of the molecule is CCOC(=O)CN(C)S(=O)(=O)c1sccc1C1OCCO1. The number of nitrogens with zero attached hydrogens (tertiary/aromatic N) is 1. The molecule has 1 aromatic rings. The van der Waals surface area contributed by atoms with Crippen LogP contribution in [0.2, 0.25) is 0 Å². The molecule has 0 atom stereocenters. The maximum atomic E-state index is 12.5. The zero-order chi connectivity index (χ0) is 15.5. The number of thiophene rings is 1. The summed E-state index contributed by atoms with van der Waals surface area (Å²) in [6.45, 7) is 2.40. The van der Waals surface area contributed by atoms with Gasteiger partial charge in [-0.25, -0.2) is 8.42 Å². The molecule has 0 aromatic carbocycles. The lowest BCUT2D eigenvalue weighted by atomic mass is 10.3. The van der Waals surface area contributed by atoms with Gasteiger partial charge in [-0.05, 0) is 18.4 Å². The Kier molecular flexibility index (Phi) is 5.33. The number of hydrogen-bond acceptors (Lipinski definition) is 7. The van der Waals surface area contributed by atoms with E-state index >= 15 is 0 Å². The maximum Gasteiger partial charge on any atom is 0.321 e. The Hall–Kier alpha value is -1.00. The standard InChI is InChI=1S/C12H17NO6S2/c1-3-17-10(14)8-13(2)21(15,16)12-9(4-7-20-12)11-18-5-6-19-11/h4,7,11H,3,5-6,8H2,1-2H3. The molecule has 0 bridgehead atoms. The van der Waals surface area contributed by atoms with Crippen LogP contribution in [0.4, 0.5) is 0 Å². The summed E-state index contributed by atoms with van der Waals surface area (Å²) in [4.78, 5) is 11.4. The van der Waals surface area contributed by atoms with Gasteiger partial charge in [0.05, 0.1) is 19.8 Å². The summed E-state index contributed by atoms with van der Waals surface area (Å²) in [5.74, 6) is -0.588. The van der Waals surface area contributed by atoms with Gasteiger partial charge < -0.3 is 14.2 Å². The molecule has 1 saturated heterocycles. The highest BCUT2D eigenvalue weighted by Crippen LogP contribution is 2.34. The lowest BCUT2D eigenvalue weighted by molar-refractivity contribution is -0.143. The van der Waals surface area contributed by atoms with Crippen molar-refractivity contribution in [3.05, 3.63) is 17.0 Å². The molecule has 2 heterocycles. The summed E-state index contributed by atoms with van der Waals surface area (Å²) in [7, 11) is -2.45. The van der Waals surface area contributed by atoms with E-state index in [0.29, 0.717) is 18.8 Å². The second-order valence-electron chi connectivity index (χ2n) is 4.30. The highest BCUT2D eigenvalue weighted by atomic mass is 32.2. The second kappa shape index (κ2) is 6.84. The molecule has 0 aliphatic carbocycles. The van der Waals surface area contributed by atoms with Crippen LogP contribution in [0.3, 0.4) is 0 Å². The average Bonchev–Trinajstić information content (AvgIpc) is 3.09. The number of carbonyl (C=O) groups excluding carboxylic acids is 1. The number of likely N-dealkylation sites (N-methyl/N-ethyl adjacent to an activating group) is 1. The van der Waals surface area contributed by atoms with Crippen LogP contribution in [0.1, 0.15) is 18.8 Å². The van der Waals surface area contributed by atoms with E-state index in [0.717, 1.165) is 15.6 Å². The molecule has 21 heavy (non-hydrogen) atoms. The lowest BCUT2D eigenvalue weighted by Crippen LogP contribution is -2.33. The zero-order valence-electron chi connectivity index (χ0n) is 11.8. The van der Waals surface area contributed by atoms with Gasteiger partial charge in [-0.1, -0.05) is 0 Å². The van der Waals surface area contributed by atoms with Crippen molar-refractivity contribution in [1.29, 1.82) is 0 Å². The number of carbonyl (C=O) groups is 1. The molecule has 0 spiro atoms. The van der Waals surface area contributed by atoms with Crippen LogP contribution in [0.25, 0.3) is 0 Å². The Morgan fingerprint density at radius 2 is 2.14 bits per heavy atom. The van der Waals surface area contributed by atoms with E-state index in [1.165, 1.54) is 7.05 Å². The molecule has 1 aliphatic rings. The first-order chi connectivity index (χ1) is 9.96. The van der Waals surface area contributed by atoms with Gasteiger partial charge in [-0.3, -0.25) is 4.79 Å². The first-order valence-electron chi connectivity index (χ1n) is 6.39. The predicted molar refractivity (Wildman–Crippen MR) is 75.4 cm³/mol. The Morgan fingerprint density at radius 3 is 2.76 bits per heavy atom. The molecule has 2 rings (SSSR count). The van der Waals surface area contributed by atoms with E-state index in [-0.39, 0.29) is 17.4 Å². The van der Waals surface area contributed by atoms with Crippen LogP contribution >= 0.6 is 11.3 Å². The highest BCUT2D eigenvalue weighted by molar-refractivity contribution is 7.91. The van der Waals surface area contributed by atoms with Crippen molar-refractivity contribution in [3.63, 3.8) is 0 Å². The molecular formula is C12H17NO6S2. The van der Waals surface area contributed by atoms with Gasteiger partial charge >= 0.3 is 5.97 Å². The third-order valence-electron chi connectivity index (χ3n) is 2.84. The summed E-state index contributed by atoms with van der Waals surface area (Å²) in [6, 6.07) is 1.66. The van der Waals surface area contributed by atoms with Crippen molar-refractivity contribution in [2.24, 2.45) is 0 Å². The summed E-state index contributed by atoms with van der Waals surface area (Å²) < 4.78 is 41.6. The predicted octanol–water partition coefficient (Wildman–Crippen LogP) is 0.977. The van der Waals surface area contributed by atoms with Crippen LogP contribution in [0.5, 0.6) is 0 Å². The van der Waals surface area contributed by atoms with Gasteiger partial charge in [-0.2, -0.15) is 4.31 Å².